The Morgan fingerprint density at radius 2 is 1.87 bits per heavy atom. The summed E-state index contributed by atoms with van der Waals surface area (Å²) in [5.74, 6) is -0.0295. The first-order valence-corrected chi connectivity index (χ1v) is 10.1. The molecule has 0 radical (unpaired) electrons. The summed E-state index contributed by atoms with van der Waals surface area (Å²) in [6, 6.07) is 12.6. The third kappa shape index (κ3) is 5.85. The summed E-state index contributed by atoms with van der Waals surface area (Å²) < 4.78 is 10.4. The highest BCUT2D eigenvalue weighted by Gasteiger charge is 2.31. The first kappa shape index (κ1) is 21.4. The molecule has 1 fully saturated rings. The van der Waals surface area contributed by atoms with Gasteiger partial charge in [-0.05, 0) is 44.0 Å². The van der Waals surface area contributed by atoms with Crippen LogP contribution < -0.4 is 5.32 Å². The Kier molecular flexibility index (Phi) is 7.48. The highest BCUT2D eigenvalue weighted by molar-refractivity contribution is 5.94. The molecule has 1 aliphatic heterocycles. The fourth-order valence-electron chi connectivity index (χ4n) is 3.48. The molecule has 0 bridgehead atoms. The SMILES string of the molecule is CCOC(=O)N1CCC(C(=O)N(CC(=O)Nc2ccccc2)Cc2ccco2)CC1. The maximum Gasteiger partial charge on any atom is 0.409 e. The fraction of sp³-hybridized carbons (Fsp3) is 0.409. The topological polar surface area (TPSA) is 92.1 Å². The Balaban J connectivity index is 1.62. The number of para-hydroxylation sites is 1. The van der Waals surface area contributed by atoms with Gasteiger partial charge in [0.2, 0.25) is 11.8 Å². The van der Waals surface area contributed by atoms with Gasteiger partial charge in [-0.2, -0.15) is 0 Å². The lowest BCUT2D eigenvalue weighted by molar-refractivity contribution is -0.140. The van der Waals surface area contributed by atoms with Crippen LogP contribution in [0.25, 0.3) is 0 Å². The van der Waals surface area contributed by atoms with E-state index in [9.17, 15) is 14.4 Å². The van der Waals surface area contributed by atoms with E-state index in [2.05, 4.69) is 5.32 Å². The molecule has 8 heteroatoms. The largest absolute Gasteiger partial charge is 0.467 e. The highest BCUT2D eigenvalue weighted by Crippen LogP contribution is 2.22. The van der Waals surface area contributed by atoms with Gasteiger partial charge in [0.1, 0.15) is 12.3 Å². The van der Waals surface area contributed by atoms with Crippen molar-refractivity contribution < 1.29 is 23.5 Å². The molecule has 2 heterocycles. The minimum Gasteiger partial charge on any atom is -0.467 e. The van der Waals surface area contributed by atoms with Gasteiger partial charge in [0.25, 0.3) is 0 Å². The van der Waals surface area contributed by atoms with Crippen molar-refractivity contribution in [2.45, 2.75) is 26.3 Å². The zero-order valence-electron chi connectivity index (χ0n) is 17.1. The van der Waals surface area contributed by atoms with Gasteiger partial charge in [0.15, 0.2) is 0 Å². The number of furan rings is 1. The predicted molar refractivity (Wildman–Crippen MR) is 111 cm³/mol. The molecule has 160 valence electrons. The summed E-state index contributed by atoms with van der Waals surface area (Å²) >= 11 is 0. The molecule has 1 aliphatic rings. The molecule has 1 aromatic heterocycles. The molecule has 1 N–H and O–H groups in total. The normalized spacial score (nSPS) is 14.2. The summed E-state index contributed by atoms with van der Waals surface area (Å²) in [4.78, 5) is 40.7. The second-order valence-electron chi connectivity index (χ2n) is 7.15. The maximum absolute atomic E-state index is 13.2. The lowest BCUT2D eigenvalue weighted by Crippen LogP contribution is -2.46. The summed E-state index contributed by atoms with van der Waals surface area (Å²) in [5.41, 5.74) is 0.677. The molecular formula is C22H27N3O5. The number of nitrogens with zero attached hydrogens (tertiary/aromatic N) is 2. The number of carbonyl (C=O) groups is 3. The minimum absolute atomic E-state index is 0.0769. The standard InChI is InChI=1S/C22H27N3O5/c1-2-29-22(28)24-12-10-17(11-13-24)21(27)25(15-19-9-6-14-30-19)16-20(26)23-18-7-4-3-5-8-18/h3-9,14,17H,2,10-13,15-16H2,1H3,(H,23,26). The monoisotopic (exact) mass is 413 g/mol. The van der Waals surface area contributed by atoms with E-state index in [1.807, 2.05) is 18.2 Å². The molecule has 0 spiro atoms. The first-order valence-electron chi connectivity index (χ1n) is 10.1. The van der Waals surface area contributed by atoms with Crippen molar-refractivity contribution in [1.29, 1.82) is 0 Å². The number of nitrogens with one attached hydrogen (secondary N) is 1. The number of hydrogen-bond acceptors (Lipinski definition) is 5. The van der Waals surface area contributed by atoms with Crippen molar-refractivity contribution in [2.75, 3.05) is 31.6 Å². The molecule has 1 aromatic carbocycles. The maximum atomic E-state index is 13.2. The molecule has 8 nitrogen and oxygen atoms in total. The van der Waals surface area contributed by atoms with Gasteiger partial charge in [-0.1, -0.05) is 18.2 Å². The first-order chi connectivity index (χ1) is 14.6. The van der Waals surface area contributed by atoms with Crippen molar-refractivity contribution in [2.24, 2.45) is 5.92 Å². The van der Waals surface area contributed by atoms with E-state index in [1.54, 1.807) is 42.4 Å². The van der Waals surface area contributed by atoms with E-state index in [0.717, 1.165) is 0 Å². The third-order valence-electron chi connectivity index (χ3n) is 5.00. The zero-order valence-corrected chi connectivity index (χ0v) is 17.1. The van der Waals surface area contributed by atoms with E-state index in [-0.39, 0.29) is 36.9 Å². The van der Waals surface area contributed by atoms with Crippen molar-refractivity contribution in [3.05, 3.63) is 54.5 Å². The highest BCUT2D eigenvalue weighted by atomic mass is 16.6. The van der Waals surface area contributed by atoms with Crippen molar-refractivity contribution in [3.8, 4) is 0 Å². The Morgan fingerprint density at radius 1 is 1.13 bits per heavy atom. The number of amides is 3. The summed E-state index contributed by atoms with van der Waals surface area (Å²) in [6.45, 7) is 3.14. The summed E-state index contributed by atoms with van der Waals surface area (Å²) in [7, 11) is 0. The van der Waals surface area contributed by atoms with Gasteiger partial charge in [-0.15, -0.1) is 0 Å². The molecule has 2 aromatic rings. The molecule has 3 rings (SSSR count). The van der Waals surface area contributed by atoms with Crippen LogP contribution in [-0.2, 0) is 20.9 Å². The van der Waals surface area contributed by atoms with Gasteiger partial charge in [-0.25, -0.2) is 4.79 Å². The van der Waals surface area contributed by atoms with Crippen LogP contribution in [0.5, 0.6) is 0 Å². The van der Waals surface area contributed by atoms with Crippen molar-refractivity contribution >= 4 is 23.6 Å². The van der Waals surface area contributed by atoms with Crippen LogP contribution in [-0.4, -0.2) is 53.9 Å². The van der Waals surface area contributed by atoms with Gasteiger partial charge in [-0.3, -0.25) is 9.59 Å². The van der Waals surface area contributed by atoms with Crippen LogP contribution in [0.15, 0.2) is 53.1 Å². The Labute approximate surface area is 175 Å². The van der Waals surface area contributed by atoms with Gasteiger partial charge >= 0.3 is 6.09 Å². The van der Waals surface area contributed by atoms with E-state index < -0.39 is 0 Å². The van der Waals surface area contributed by atoms with Gasteiger partial charge in [0.05, 0.1) is 19.4 Å². The van der Waals surface area contributed by atoms with E-state index in [4.69, 9.17) is 9.15 Å². The van der Waals surface area contributed by atoms with Crippen LogP contribution in [0.2, 0.25) is 0 Å². The van der Waals surface area contributed by atoms with E-state index in [0.29, 0.717) is 44.0 Å². The average molecular weight is 413 g/mol. The number of piperidine rings is 1. The number of hydrogen-bond donors (Lipinski definition) is 1. The summed E-state index contributed by atoms with van der Waals surface area (Å²) in [6.07, 6.45) is 2.26. The molecule has 3 amide bonds. The average Bonchev–Trinajstić information content (AvgIpc) is 3.27. The molecule has 0 aliphatic carbocycles. The lowest BCUT2D eigenvalue weighted by Gasteiger charge is -2.33. The van der Waals surface area contributed by atoms with Crippen molar-refractivity contribution in [3.63, 3.8) is 0 Å². The van der Waals surface area contributed by atoms with Crippen LogP contribution in [0.3, 0.4) is 0 Å². The smallest absolute Gasteiger partial charge is 0.409 e. The lowest BCUT2D eigenvalue weighted by atomic mass is 9.95. The van der Waals surface area contributed by atoms with Crippen LogP contribution >= 0.6 is 0 Å². The number of rotatable bonds is 7. The van der Waals surface area contributed by atoms with E-state index >= 15 is 0 Å². The van der Waals surface area contributed by atoms with Crippen LogP contribution in [0, 0.1) is 5.92 Å². The Morgan fingerprint density at radius 3 is 2.50 bits per heavy atom. The second kappa shape index (κ2) is 10.5. The minimum atomic E-state index is -0.349. The zero-order chi connectivity index (χ0) is 21.3. The molecule has 30 heavy (non-hydrogen) atoms. The number of likely N-dealkylation sites (tertiary alicyclic amines) is 1. The van der Waals surface area contributed by atoms with E-state index in [1.165, 1.54) is 4.90 Å². The Bertz CT molecular complexity index is 830. The van der Waals surface area contributed by atoms with Gasteiger partial charge < -0.3 is 24.3 Å². The van der Waals surface area contributed by atoms with Gasteiger partial charge in [0, 0.05) is 24.7 Å². The molecule has 0 saturated carbocycles. The molecular weight excluding hydrogens is 386 g/mol. The molecule has 0 unspecified atom stereocenters. The van der Waals surface area contributed by atoms with Crippen LogP contribution in [0.1, 0.15) is 25.5 Å². The predicted octanol–water partition coefficient (Wildman–Crippen LogP) is 3.12. The van der Waals surface area contributed by atoms with Crippen LogP contribution in [0.4, 0.5) is 10.5 Å². The number of anilines is 1. The Hall–Kier alpha value is -3.29. The number of carbonyl (C=O) groups excluding carboxylic acids is 3. The summed E-state index contributed by atoms with van der Waals surface area (Å²) in [5, 5.41) is 2.81. The van der Waals surface area contributed by atoms with Crippen molar-refractivity contribution in [1.82, 2.24) is 9.80 Å². The molecule has 1 saturated heterocycles. The third-order valence-corrected chi connectivity index (χ3v) is 5.00. The number of benzene rings is 1. The quantitative estimate of drug-likeness (QED) is 0.753. The second-order valence-corrected chi connectivity index (χ2v) is 7.15. The molecule has 0 atom stereocenters. The number of ether oxygens (including phenoxy) is 1. The fourth-order valence-corrected chi connectivity index (χ4v) is 3.48.